The van der Waals surface area contributed by atoms with Crippen molar-refractivity contribution in [3.63, 3.8) is 0 Å². The van der Waals surface area contributed by atoms with E-state index in [2.05, 4.69) is 10.1 Å². The molecule has 0 aliphatic carbocycles. The lowest BCUT2D eigenvalue weighted by Crippen LogP contribution is -2.30. The maximum Gasteiger partial charge on any atom is 0.227 e. The number of rotatable bonds is 4. The van der Waals surface area contributed by atoms with Crippen molar-refractivity contribution in [1.29, 1.82) is 0 Å². The van der Waals surface area contributed by atoms with Gasteiger partial charge >= 0.3 is 0 Å². The highest BCUT2D eigenvalue weighted by molar-refractivity contribution is 5.63. The Morgan fingerprint density at radius 3 is 3.00 bits per heavy atom. The maximum atomic E-state index is 13.5. The van der Waals surface area contributed by atoms with Gasteiger partial charge in [-0.05, 0) is 12.1 Å². The third kappa shape index (κ3) is 3.13. The molecule has 0 unspecified atom stereocenters. The lowest BCUT2D eigenvalue weighted by atomic mass is 10.0. The van der Waals surface area contributed by atoms with Crippen molar-refractivity contribution in [1.82, 2.24) is 10.1 Å². The predicted molar refractivity (Wildman–Crippen MR) is 91.2 cm³/mol. The van der Waals surface area contributed by atoms with Gasteiger partial charge in [0, 0.05) is 36.7 Å². The number of fused-ring (bicyclic) bond motifs is 1. The van der Waals surface area contributed by atoms with E-state index < -0.39 is 0 Å². The van der Waals surface area contributed by atoms with Gasteiger partial charge < -0.3 is 13.7 Å². The smallest absolute Gasteiger partial charge is 0.227 e. The van der Waals surface area contributed by atoms with Gasteiger partial charge in [-0.15, -0.1) is 0 Å². The van der Waals surface area contributed by atoms with Crippen LogP contribution in [0.4, 0.5) is 4.39 Å². The summed E-state index contributed by atoms with van der Waals surface area (Å²) in [5, 5.41) is 4.13. The summed E-state index contributed by atoms with van der Waals surface area (Å²) in [4.78, 5) is 14.0. The number of hydrogen-bond acceptors (Lipinski definition) is 6. The average Bonchev–Trinajstić information content (AvgIpc) is 3.05. The molecule has 0 amide bonds. The van der Waals surface area contributed by atoms with Crippen LogP contribution in [0, 0.1) is 5.82 Å². The molecule has 2 aromatic heterocycles. The van der Waals surface area contributed by atoms with Crippen LogP contribution in [0.5, 0.6) is 5.75 Å². The number of benzene rings is 1. The zero-order valence-corrected chi connectivity index (χ0v) is 14.2. The van der Waals surface area contributed by atoms with Crippen LogP contribution in [0.2, 0.25) is 0 Å². The first kappa shape index (κ1) is 16.5. The van der Waals surface area contributed by atoms with Crippen molar-refractivity contribution >= 4 is 0 Å². The number of aromatic nitrogens is 1. The zero-order valence-electron chi connectivity index (χ0n) is 14.2. The predicted octanol–water partition coefficient (Wildman–Crippen LogP) is 3.00. The van der Waals surface area contributed by atoms with Crippen molar-refractivity contribution in [2.75, 3.05) is 13.7 Å². The second-order valence-corrected chi connectivity index (χ2v) is 6.18. The standard InChI is InChI=1S/C19H17FN2O4/c1-24-18-11-25-14(8-16(18)23)9-22-6-5-17-15(10-22)19(21-26-17)12-3-2-4-13(20)7-12/h2-4,7-8,11H,5-6,9-10H2,1H3. The van der Waals surface area contributed by atoms with Crippen molar-refractivity contribution in [2.24, 2.45) is 0 Å². The van der Waals surface area contributed by atoms with Crippen LogP contribution in [-0.4, -0.2) is 23.7 Å². The lowest BCUT2D eigenvalue weighted by molar-refractivity contribution is 0.209. The van der Waals surface area contributed by atoms with Crippen LogP contribution in [-0.2, 0) is 19.5 Å². The van der Waals surface area contributed by atoms with E-state index in [-0.39, 0.29) is 17.0 Å². The van der Waals surface area contributed by atoms with E-state index in [4.69, 9.17) is 13.7 Å². The Bertz CT molecular complexity index is 995. The monoisotopic (exact) mass is 356 g/mol. The molecule has 3 heterocycles. The van der Waals surface area contributed by atoms with Crippen molar-refractivity contribution in [2.45, 2.75) is 19.5 Å². The van der Waals surface area contributed by atoms with Gasteiger partial charge in [0.2, 0.25) is 11.2 Å². The summed E-state index contributed by atoms with van der Waals surface area (Å²) in [6.45, 7) is 1.81. The molecular formula is C19H17FN2O4. The second kappa shape index (κ2) is 6.76. The molecule has 26 heavy (non-hydrogen) atoms. The molecule has 0 bridgehead atoms. The van der Waals surface area contributed by atoms with Crippen LogP contribution in [0.15, 0.2) is 50.3 Å². The number of ether oxygens (including phenoxy) is 1. The summed E-state index contributed by atoms with van der Waals surface area (Å²) in [5.41, 5.74) is 2.07. The quantitative estimate of drug-likeness (QED) is 0.716. The van der Waals surface area contributed by atoms with Crippen molar-refractivity contribution in [3.8, 4) is 17.0 Å². The summed E-state index contributed by atoms with van der Waals surface area (Å²) in [6, 6.07) is 7.74. The van der Waals surface area contributed by atoms with Gasteiger partial charge in [-0.3, -0.25) is 9.69 Å². The fourth-order valence-electron chi connectivity index (χ4n) is 3.15. The molecule has 1 aromatic carbocycles. The first-order chi connectivity index (χ1) is 12.6. The molecule has 134 valence electrons. The van der Waals surface area contributed by atoms with Crippen molar-refractivity contribution < 1.29 is 18.1 Å². The highest BCUT2D eigenvalue weighted by Gasteiger charge is 2.25. The lowest BCUT2D eigenvalue weighted by Gasteiger charge is -2.25. The van der Waals surface area contributed by atoms with Crippen LogP contribution in [0.1, 0.15) is 17.1 Å². The largest absolute Gasteiger partial charge is 0.490 e. The Morgan fingerprint density at radius 2 is 2.23 bits per heavy atom. The van der Waals surface area contributed by atoms with Crippen LogP contribution in [0.25, 0.3) is 11.3 Å². The molecular weight excluding hydrogens is 339 g/mol. The van der Waals surface area contributed by atoms with Crippen LogP contribution >= 0.6 is 0 Å². The molecule has 6 nitrogen and oxygen atoms in total. The van der Waals surface area contributed by atoms with E-state index in [9.17, 15) is 9.18 Å². The molecule has 1 aliphatic rings. The summed E-state index contributed by atoms with van der Waals surface area (Å²) >= 11 is 0. The molecule has 0 N–H and O–H groups in total. The SMILES string of the molecule is COc1coc(CN2CCc3onc(-c4cccc(F)c4)c3C2)cc1=O. The van der Waals surface area contributed by atoms with Gasteiger partial charge in [-0.2, -0.15) is 0 Å². The first-order valence-electron chi connectivity index (χ1n) is 8.25. The molecule has 0 spiro atoms. The molecule has 4 rings (SSSR count). The maximum absolute atomic E-state index is 13.5. The average molecular weight is 356 g/mol. The number of methoxy groups -OCH3 is 1. The van der Waals surface area contributed by atoms with E-state index in [1.165, 1.54) is 31.6 Å². The topological polar surface area (TPSA) is 68.7 Å². The zero-order chi connectivity index (χ0) is 18.1. The molecule has 0 saturated carbocycles. The third-order valence-electron chi connectivity index (χ3n) is 4.46. The van der Waals surface area contributed by atoms with Crippen molar-refractivity contribution in [3.05, 3.63) is 69.7 Å². The van der Waals surface area contributed by atoms with E-state index in [1.807, 2.05) is 6.07 Å². The number of nitrogens with zero attached hydrogens (tertiary/aromatic N) is 2. The molecule has 0 atom stereocenters. The van der Waals surface area contributed by atoms with Gasteiger partial charge in [0.25, 0.3) is 0 Å². The number of hydrogen-bond donors (Lipinski definition) is 0. The second-order valence-electron chi connectivity index (χ2n) is 6.18. The molecule has 3 aromatic rings. The number of halogens is 1. The van der Waals surface area contributed by atoms with Gasteiger partial charge in [-0.25, -0.2) is 4.39 Å². The molecule has 7 heteroatoms. The fourth-order valence-corrected chi connectivity index (χ4v) is 3.15. The highest BCUT2D eigenvalue weighted by atomic mass is 19.1. The molecule has 1 aliphatic heterocycles. The minimum absolute atomic E-state index is 0.183. The first-order valence-corrected chi connectivity index (χ1v) is 8.25. The van der Waals surface area contributed by atoms with Crippen LogP contribution in [0.3, 0.4) is 0 Å². The van der Waals surface area contributed by atoms with E-state index >= 15 is 0 Å². The van der Waals surface area contributed by atoms with Gasteiger partial charge in [0.1, 0.15) is 29.3 Å². The van der Waals surface area contributed by atoms with E-state index in [1.54, 1.807) is 6.07 Å². The summed E-state index contributed by atoms with van der Waals surface area (Å²) in [5.74, 6) is 1.24. The molecule has 0 fully saturated rings. The Labute approximate surface area is 148 Å². The fraction of sp³-hybridized carbons (Fsp3) is 0.263. The Morgan fingerprint density at radius 1 is 1.35 bits per heavy atom. The summed E-state index contributed by atoms with van der Waals surface area (Å²) in [6.07, 6.45) is 2.02. The van der Waals surface area contributed by atoms with Gasteiger partial charge in [0.05, 0.1) is 13.7 Å². The normalized spacial score (nSPS) is 14.2. The third-order valence-corrected chi connectivity index (χ3v) is 4.46. The summed E-state index contributed by atoms with van der Waals surface area (Å²) < 4.78 is 29.4. The van der Waals surface area contributed by atoms with Crippen LogP contribution < -0.4 is 10.2 Å². The highest BCUT2D eigenvalue weighted by Crippen LogP contribution is 2.30. The minimum Gasteiger partial charge on any atom is -0.490 e. The Balaban J connectivity index is 1.57. The molecule has 0 radical (unpaired) electrons. The van der Waals surface area contributed by atoms with E-state index in [0.717, 1.165) is 17.9 Å². The van der Waals surface area contributed by atoms with E-state index in [0.29, 0.717) is 36.5 Å². The Kier molecular flexibility index (Phi) is 4.30. The Hall–Kier alpha value is -2.93. The minimum atomic E-state index is -0.313. The molecule has 0 saturated heterocycles. The van der Waals surface area contributed by atoms with Gasteiger partial charge in [0.15, 0.2) is 0 Å². The summed E-state index contributed by atoms with van der Waals surface area (Å²) in [7, 11) is 1.43. The van der Waals surface area contributed by atoms with Gasteiger partial charge in [-0.1, -0.05) is 17.3 Å².